The van der Waals surface area contributed by atoms with Gasteiger partial charge in [-0.05, 0) is 49.6 Å². The second-order valence-electron chi connectivity index (χ2n) is 7.04. The maximum atomic E-state index is 12.4. The van der Waals surface area contributed by atoms with Gasteiger partial charge in [-0.25, -0.2) is 0 Å². The Labute approximate surface area is 162 Å². The van der Waals surface area contributed by atoms with E-state index in [-0.39, 0.29) is 24.3 Å². The van der Waals surface area contributed by atoms with Crippen molar-refractivity contribution in [2.45, 2.75) is 25.7 Å². The molecule has 0 unspecified atom stereocenters. The first-order valence-corrected chi connectivity index (χ1v) is 9.40. The number of nitrogens with zero attached hydrogens (tertiary/aromatic N) is 5. The third kappa shape index (κ3) is 3.71. The number of aromatic nitrogens is 4. The van der Waals surface area contributed by atoms with E-state index in [0.717, 1.165) is 29.9 Å². The normalized spacial score (nSPS) is 15.0. The number of carbonyl (C=O) groups excluding carboxylic acids is 2. The molecular weight excluding hydrogens is 356 g/mol. The van der Waals surface area contributed by atoms with E-state index in [1.165, 1.54) is 0 Å². The largest absolute Gasteiger partial charge is 0.342 e. The highest BCUT2D eigenvalue weighted by Gasteiger charge is 2.27. The van der Waals surface area contributed by atoms with Gasteiger partial charge in [0, 0.05) is 31.4 Å². The summed E-state index contributed by atoms with van der Waals surface area (Å²) in [5.41, 5.74) is 2.31. The predicted molar refractivity (Wildman–Crippen MR) is 103 cm³/mol. The smallest absolute Gasteiger partial charge is 0.270 e. The number of hydrogen-bond acceptors (Lipinski definition) is 5. The summed E-state index contributed by atoms with van der Waals surface area (Å²) < 4.78 is 2.03. The van der Waals surface area contributed by atoms with Crippen molar-refractivity contribution in [3.8, 4) is 0 Å². The molecule has 0 radical (unpaired) electrons. The molecule has 28 heavy (non-hydrogen) atoms. The molecular formula is C20H22N6O2. The van der Waals surface area contributed by atoms with Crippen LogP contribution in [0.5, 0.6) is 0 Å². The monoisotopic (exact) mass is 378 g/mol. The van der Waals surface area contributed by atoms with Crippen LogP contribution in [0.4, 0.5) is 0 Å². The average molecular weight is 378 g/mol. The van der Waals surface area contributed by atoms with Crippen LogP contribution in [0.3, 0.4) is 0 Å². The molecule has 3 aromatic rings. The summed E-state index contributed by atoms with van der Waals surface area (Å²) in [7, 11) is 0. The van der Waals surface area contributed by atoms with Crippen LogP contribution in [-0.4, -0.2) is 55.9 Å². The van der Waals surface area contributed by atoms with Gasteiger partial charge in [0.1, 0.15) is 11.5 Å². The summed E-state index contributed by atoms with van der Waals surface area (Å²) in [5, 5.41) is 11.3. The summed E-state index contributed by atoms with van der Waals surface area (Å²) in [5.74, 6) is 0.800. The van der Waals surface area contributed by atoms with E-state index in [4.69, 9.17) is 0 Å². The highest BCUT2D eigenvalue weighted by atomic mass is 16.2. The molecule has 2 amide bonds. The Morgan fingerprint density at radius 2 is 2.00 bits per heavy atom. The highest BCUT2D eigenvalue weighted by molar-refractivity contribution is 5.94. The van der Waals surface area contributed by atoms with Crippen LogP contribution in [0.2, 0.25) is 0 Å². The maximum Gasteiger partial charge on any atom is 0.270 e. The number of hydrogen-bond donors (Lipinski definition) is 1. The zero-order valence-electron chi connectivity index (χ0n) is 15.7. The SMILES string of the molecule is Cc1ccn2c(C3CCN(C(=O)CNC(=O)c4ccccn4)CC3)nnc2c1. The van der Waals surface area contributed by atoms with Crippen LogP contribution in [0.1, 0.15) is 40.6 Å². The van der Waals surface area contributed by atoms with Crippen molar-refractivity contribution in [3.05, 3.63) is 59.8 Å². The topological polar surface area (TPSA) is 92.5 Å². The zero-order chi connectivity index (χ0) is 19.5. The number of amides is 2. The van der Waals surface area contributed by atoms with Crippen LogP contribution in [-0.2, 0) is 4.79 Å². The minimum atomic E-state index is -0.339. The van der Waals surface area contributed by atoms with Crippen molar-refractivity contribution in [3.63, 3.8) is 0 Å². The van der Waals surface area contributed by atoms with Crippen molar-refractivity contribution in [2.24, 2.45) is 0 Å². The molecule has 1 aliphatic heterocycles. The van der Waals surface area contributed by atoms with Crippen LogP contribution >= 0.6 is 0 Å². The standard InChI is InChI=1S/C20H22N6O2/c1-14-5-11-26-17(12-14)23-24-19(26)15-6-9-25(10-7-15)18(27)13-22-20(28)16-4-2-3-8-21-16/h2-5,8,11-12,15H,6-7,9-10,13H2,1H3,(H,22,28). The van der Waals surface area contributed by atoms with Crippen molar-refractivity contribution >= 4 is 17.5 Å². The third-order valence-corrected chi connectivity index (χ3v) is 5.10. The number of carbonyl (C=O) groups is 2. The molecule has 8 nitrogen and oxygen atoms in total. The third-order valence-electron chi connectivity index (χ3n) is 5.10. The van der Waals surface area contributed by atoms with Gasteiger partial charge in [-0.3, -0.25) is 19.0 Å². The summed E-state index contributed by atoms with van der Waals surface area (Å²) in [6, 6.07) is 9.16. The van der Waals surface area contributed by atoms with Crippen molar-refractivity contribution in [1.29, 1.82) is 0 Å². The molecule has 0 bridgehead atoms. The lowest BCUT2D eigenvalue weighted by Crippen LogP contribution is -2.44. The fourth-order valence-corrected chi connectivity index (χ4v) is 3.53. The van der Waals surface area contributed by atoms with Gasteiger partial charge in [0.25, 0.3) is 5.91 Å². The Morgan fingerprint density at radius 3 is 2.75 bits per heavy atom. The van der Waals surface area contributed by atoms with Gasteiger partial charge in [-0.15, -0.1) is 10.2 Å². The number of likely N-dealkylation sites (tertiary alicyclic amines) is 1. The molecule has 0 saturated carbocycles. The Balaban J connectivity index is 1.32. The Kier molecular flexibility index (Phi) is 5.01. The minimum absolute atomic E-state index is 0.0206. The van der Waals surface area contributed by atoms with E-state index >= 15 is 0 Å². The van der Waals surface area contributed by atoms with Crippen molar-refractivity contribution in [1.82, 2.24) is 29.8 Å². The quantitative estimate of drug-likeness (QED) is 0.744. The molecule has 0 spiro atoms. The first kappa shape index (κ1) is 18.1. The average Bonchev–Trinajstić information content (AvgIpc) is 3.15. The first-order valence-electron chi connectivity index (χ1n) is 9.40. The molecule has 1 saturated heterocycles. The number of fused-ring (bicyclic) bond motifs is 1. The molecule has 8 heteroatoms. The molecule has 1 fully saturated rings. The first-order chi connectivity index (χ1) is 13.6. The molecule has 4 rings (SSSR count). The minimum Gasteiger partial charge on any atom is -0.342 e. The molecule has 0 aromatic carbocycles. The second kappa shape index (κ2) is 7.75. The Bertz CT molecular complexity index is 992. The van der Waals surface area contributed by atoms with E-state index in [0.29, 0.717) is 18.8 Å². The fraction of sp³-hybridized carbons (Fsp3) is 0.350. The Morgan fingerprint density at radius 1 is 1.18 bits per heavy atom. The van der Waals surface area contributed by atoms with Crippen LogP contribution < -0.4 is 5.32 Å². The summed E-state index contributed by atoms with van der Waals surface area (Å²) in [6.07, 6.45) is 5.21. The van der Waals surface area contributed by atoms with E-state index in [2.05, 4.69) is 20.5 Å². The van der Waals surface area contributed by atoms with Gasteiger partial charge >= 0.3 is 0 Å². The number of nitrogens with one attached hydrogen (secondary N) is 1. The lowest BCUT2D eigenvalue weighted by Gasteiger charge is -2.31. The van der Waals surface area contributed by atoms with Gasteiger partial charge < -0.3 is 10.2 Å². The van der Waals surface area contributed by atoms with Gasteiger partial charge in [0.05, 0.1) is 6.54 Å². The summed E-state index contributed by atoms with van der Waals surface area (Å²) >= 11 is 0. The van der Waals surface area contributed by atoms with Gasteiger partial charge in [-0.1, -0.05) is 6.07 Å². The van der Waals surface area contributed by atoms with Gasteiger partial charge in [0.15, 0.2) is 5.65 Å². The second-order valence-corrected chi connectivity index (χ2v) is 7.04. The van der Waals surface area contributed by atoms with Crippen LogP contribution in [0.25, 0.3) is 5.65 Å². The number of rotatable bonds is 4. The van der Waals surface area contributed by atoms with E-state index in [1.54, 1.807) is 29.3 Å². The predicted octanol–water partition coefficient (Wildman–Crippen LogP) is 1.57. The molecule has 0 aliphatic carbocycles. The van der Waals surface area contributed by atoms with E-state index in [9.17, 15) is 9.59 Å². The number of aryl methyl sites for hydroxylation is 1. The van der Waals surface area contributed by atoms with Gasteiger partial charge in [-0.2, -0.15) is 0 Å². The molecule has 1 N–H and O–H groups in total. The van der Waals surface area contributed by atoms with Crippen LogP contribution in [0, 0.1) is 6.92 Å². The van der Waals surface area contributed by atoms with E-state index in [1.807, 2.05) is 29.7 Å². The lowest BCUT2D eigenvalue weighted by molar-refractivity contribution is -0.131. The van der Waals surface area contributed by atoms with Gasteiger partial charge in [0.2, 0.25) is 5.91 Å². The maximum absolute atomic E-state index is 12.4. The molecule has 3 aromatic heterocycles. The zero-order valence-corrected chi connectivity index (χ0v) is 15.7. The summed E-state index contributed by atoms with van der Waals surface area (Å²) in [4.78, 5) is 30.2. The lowest BCUT2D eigenvalue weighted by atomic mass is 9.96. The molecule has 144 valence electrons. The fourth-order valence-electron chi connectivity index (χ4n) is 3.53. The summed E-state index contributed by atoms with van der Waals surface area (Å²) in [6.45, 7) is 3.30. The van der Waals surface area contributed by atoms with Crippen LogP contribution in [0.15, 0.2) is 42.7 Å². The highest BCUT2D eigenvalue weighted by Crippen LogP contribution is 2.27. The molecule has 1 aliphatic rings. The Hall–Kier alpha value is -3.29. The molecule has 0 atom stereocenters. The number of piperidine rings is 1. The molecule has 4 heterocycles. The number of pyridine rings is 2. The van der Waals surface area contributed by atoms with E-state index < -0.39 is 0 Å². The van der Waals surface area contributed by atoms with Crippen molar-refractivity contribution < 1.29 is 9.59 Å². The van der Waals surface area contributed by atoms with Crippen molar-refractivity contribution in [2.75, 3.05) is 19.6 Å².